The van der Waals surface area contributed by atoms with Gasteiger partial charge < -0.3 is 11.1 Å². The molecule has 0 heterocycles. The van der Waals surface area contributed by atoms with Gasteiger partial charge in [0.1, 0.15) is 0 Å². The summed E-state index contributed by atoms with van der Waals surface area (Å²) < 4.78 is 0. The van der Waals surface area contributed by atoms with E-state index in [4.69, 9.17) is 5.73 Å². The second kappa shape index (κ2) is 5.16. The highest BCUT2D eigenvalue weighted by Gasteiger charge is 2.35. The molecule has 0 saturated heterocycles. The molecule has 106 valence electrons. The molecule has 0 aliphatic heterocycles. The van der Waals surface area contributed by atoms with Crippen molar-refractivity contribution in [3.8, 4) is 0 Å². The maximum atomic E-state index is 5.91. The monoisotopic (exact) mass is 260 g/mol. The summed E-state index contributed by atoms with van der Waals surface area (Å²) in [5, 5.41) is 3.61. The minimum Gasteiger partial charge on any atom is -0.384 e. The molecule has 19 heavy (non-hydrogen) atoms. The van der Waals surface area contributed by atoms with Crippen LogP contribution in [-0.4, -0.2) is 13.1 Å². The lowest BCUT2D eigenvalue weighted by molar-refractivity contribution is 0.163. The zero-order valence-electron chi connectivity index (χ0n) is 12.8. The Bertz CT molecular complexity index is 434. The Labute approximate surface area is 117 Å². The van der Waals surface area contributed by atoms with Gasteiger partial charge in [0.25, 0.3) is 0 Å². The first-order valence-corrected chi connectivity index (χ1v) is 7.41. The largest absolute Gasteiger partial charge is 0.384 e. The van der Waals surface area contributed by atoms with Crippen LogP contribution in [0, 0.1) is 12.3 Å². The van der Waals surface area contributed by atoms with Gasteiger partial charge >= 0.3 is 0 Å². The number of benzene rings is 1. The van der Waals surface area contributed by atoms with Crippen LogP contribution in [-0.2, 0) is 5.41 Å². The zero-order valence-corrected chi connectivity index (χ0v) is 12.8. The Kier molecular flexibility index (Phi) is 3.91. The molecule has 1 fully saturated rings. The van der Waals surface area contributed by atoms with Crippen molar-refractivity contribution < 1.29 is 0 Å². The van der Waals surface area contributed by atoms with Crippen molar-refractivity contribution in [1.29, 1.82) is 0 Å². The van der Waals surface area contributed by atoms with Gasteiger partial charge in [-0.15, -0.1) is 0 Å². The molecule has 1 aromatic carbocycles. The van der Waals surface area contributed by atoms with Crippen LogP contribution >= 0.6 is 0 Å². The third kappa shape index (κ3) is 3.11. The van der Waals surface area contributed by atoms with Gasteiger partial charge in [-0.1, -0.05) is 39.3 Å². The minimum absolute atomic E-state index is 0.218. The summed E-state index contributed by atoms with van der Waals surface area (Å²) in [6.45, 7) is 10.8. The number of anilines is 1. The van der Waals surface area contributed by atoms with Crippen LogP contribution in [0.15, 0.2) is 18.2 Å². The van der Waals surface area contributed by atoms with E-state index < -0.39 is 0 Å². The van der Waals surface area contributed by atoms with Crippen LogP contribution in [0.25, 0.3) is 0 Å². The van der Waals surface area contributed by atoms with Crippen molar-refractivity contribution in [2.45, 2.75) is 52.4 Å². The van der Waals surface area contributed by atoms with Crippen LogP contribution in [0.3, 0.4) is 0 Å². The fourth-order valence-corrected chi connectivity index (χ4v) is 2.74. The van der Waals surface area contributed by atoms with Crippen molar-refractivity contribution in [3.63, 3.8) is 0 Å². The first-order valence-electron chi connectivity index (χ1n) is 7.41. The summed E-state index contributed by atoms with van der Waals surface area (Å²) in [7, 11) is 0. The Balaban J connectivity index is 2.05. The fourth-order valence-electron chi connectivity index (χ4n) is 2.74. The highest BCUT2D eigenvalue weighted by molar-refractivity contribution is 5.53. The van der Waals surface area contributed by atoms with Gasteiger partial charge in [-0.25, -0.2) is 0 Å². The number of nitrogens with one attached hydrogen (secondary N) is 1. The highest BCUT2D eigenvalue weighted by Crippen LogP contribution is 2.40. The Hall–Kier alpha value is -1.02. The van der Waals surface area contributed by atoms with Crippen molar-refractivity contribution >= 4 is 5.69 Å². The molecular weight excluding hydrogens is 232 g/mol. The molecular formula is C17H28N2. The highest BCUT2D eigenvalue weighted by atomic mass is 14.9. The van der Waals surface area contributed by atoms with E-state index in [1.165, 1.54) is 36.1 Å². The molecule has 0 amide bonds. The van der Waals surface area contributed by atoms with Gasteiger partial charge in [0.05, 0.1) is 0 Å². The van der Waals surface area contributed by atoms with E-state index in [0.29, 0.717) is 5.41 Å². The summed E-state index contributed by atoms with van der Waals surface area (Å²) >= 11 is 0. The molecule has 0 spiro atoms. The molecule has 1 aliphatic rings. The van der Waals surface area contributed by atoms with Crippen LogP contribution in [0.1, 0.15) is 51.2 Å². The minimum atomic E-state index is 0.218. The second-order valence-electron chi connectivity index (χ2n) is 7.19. The summed E-state index contributed by atoms with van der Waals surface area (Å²) in [5.74, 6) is 0. The van der Waals surface area contributed by atoms with E-state index in [2.05, 4.69) is 51.2 Å². The lowest BCUT2D eigenvalue weighted by Gasteiger charge is -2.41. The number of aryl methyl sites for hydroxylation is 1. The predicted molar refractivity (Wildman–Crippen MR) is 83.7 cm³/mol. The van der Waals surface area contributed by atoms with E-state index >= 15 is 0 Å². The van der Waals surface area contributed by atoms with Crippen molar-refractivity contribution in [2.24, 2.45) is 11.1 Å². The summed E-state index contributed by atoms with van der Waals surface area (Å²) in [4.78, 5) is 0. The maximum Gasteiger partial charge on any atom is 0.0370 e. The van der Waals surface area contributed by atoms with Gasteiger partial charge in [-0.2, -0.15) is 0 Å². The van der Waals surface area contributed by atoms with Crippen molar-refractivity contribution in [3.05, 3.63) is 29.3 Å². The van der Waals surface area contributed by atoms with Crippen molar-refractivity contribution in [1.82, 2.24) is 0 Å². The van der Waals surface area contributed by atoms with Crippen LogP contribution < -0.4 is 11.1 Å². The smallest absolute Gasteiger partial charge is 0.0370 e. The molecule has 0 bridgehead atoms. The molecule has 2 heteroatoms. The van der Waals surface area contributed by atoms with Gasteiger partial charge in [0, 0.05) is 12.2 Å². The lowest BCUT2D eigenvalue weighted by Crippen LogP contribution is -2.43. The molecule has 0 unspecified atom stereocenters. The first-order chi connectivity index (χ1) is 8.86. The molecule has 1 aromatic rings. The molecule has 1 saturated carbocycles. The molecule has 3 N–H and O–H groups in total. The van der Waals surface area contributed by atoms with E-state index in [1.807, 2.05) is 0 Å². The Morgan fingerprint density at radius 3 is 2.37 bits per heavy atom. The van der Waals surface area contributed by atoms with E-state index in [0.717, 1.165) is 13.1 Å². The van der Waals surface area contributed by atoms with Crippen molar-refractivity contribution in [2.75, 3.05) is 18.4 Å². The topological polar surface area (TPSA) is 38.0 Å². The number of nitrogens with two attached hydrogens (primary N) is 1. The molecule has 1 aliphatic carbocycles. The molecule has 2 rings (SSSR count). The molecule has 0 radical (unpaired) electrons. The van der Waals surface area contributed by atoms with Crippen LogP contribution in [0.5, 0.6) is 0 Å². The molecule has 2 nitrogen and oxygen atoms in total. The summed E-state index contributed by atoms with van der Waals surface area (Å²) in [6, 6.07) is 6.77. The zero-order chi connectivity index (χ0) is 14.1. The maximum absolute atomic E-state index is 5.91. The summed E-state index contributed by atoms with van der Waals surface area (Å²) in [6.07, 6.45) is 3.88. The second-order valence-corrected chi connectivity index (χ2v) is 7.19. The Morgan fingerprint density at radius 1 is 1.26 bits per heavy atom. The fraction of sp³-hybridized carbons (Fsp3) is 0.647. The Morgan fingerprint density at radius 2 is 1.95 bits per heavy atom. The third-order valence-corrected chi connectivity index (χ3v) is 4.59. The van der Waals surface area contributed by atoms with Gasteiger partial charge in [-0.05, 0) is 54.3 Å². The molecule has 0 aromatic heterocycles. The van der Waals surface area contributed by atoms with Crippen LogP contribution in [0.2, 0.25) is 0 Å². The first kappa shape index (κ1) is 14.4. The number of hydrogen-bond donors (Lipinski definition) is 2. The predicted octanol–water partition coefficient (Wildman–Crippen LogP) is 3.83. The van der Waals surface area contributed by atoms with Gasteiger partial charge in [0.15, 0.2) is 0 Å². The lowest BCUT2D eigenvalue weighted by atomic mass is 9.69. The molecule has 0 atom stereocenters. The van der Waals surface area contributed by atoms with Gasteiger partial charge in [-0.3, -0.25) is 0 Å². The summed E-state index contributed by atoms with van der Waals surface area (Å²) in [5.41, 5.74) is 10.5. The van der Waals surface area contributed by atoms with E-state index in [9.17, 15) is 0 Å². The van der Waals surface area contributed by atoms with Gasteiger partial charge in [0.2, 0.25) is 0 Å². The average molecular weight is 260 g/mol. The SMILES string of the molecule is Cc1cc(C(C)(C)C)ccc1NCC1(CN)CCC1. The van der Waals surface area contributed by atoms with Crippen LogP contribution in [0.4, 0.5) is 5.69 Å². The third-order valence-electron chi connectivity index (χ3n) is 4.59. The van der Waals surface area contributed by atoms with E-state index in [-0.39, 0.29) is 5.41 Å². The quantitative estimate of drug-likeness (QED) is 0.863. The average Bonchev–Trinajstić information content (AvgIpc) is 2.28. The number of rotatable bonds is 4. The standard InChI is InChI=1S/C17H28N2/c1-13-10-14(16(2,3)4)6-7-15(13)19-12-17(11-18)8-5-9-17/h6-7,10,19H,5,8-9,11-12,18H2,1-4H3. The normalized spacial score (nSPS) is 17.9. The van der Waals surface area contributed by atoms with E-state index in [1.54, 1.807) is 0 Å². The number of hydrogen-bond acceptors (Lipinski definition) is 2.